The van der Waals surface area contributed by atoms with E-state index in [2.05, 4.69) is 31.1 Å². The van der Waals surface area contributed by atoms with Crippen molar-refractivity contribution in [2.45, 2.75) is 37.1 Å². The van der Waals surface area contributed by atoms with E-state index in [9.17, 15) is 0 Å². The van der Waals surface area contributed by atoms with Crippen LogP contribution in [0.3, 0.4) is 0 Å². The Kier molecular flexibility index (Phi) is 4.75. The number of hydrogen-bond donors (Lipinski definition) is 0. The van der Waals surface area contributed by atoms with Crippen LogP contribution in [0, 0.1) is 5.92 Å². The molecule has 0 N–H and O–H groups in total. The van der Waals surface area contributed by atoms with Gasteiger partial charge in [-0.1, -0.05) is 43.0 Å². The monoisotopic (exact) mass is 281 g/mol. The predicted molar refractivity (Wildman–Crippen MR) is 80.8 cm³/mol. The minimum Gasteiger partial charge on any atom is -0.497 e. The molecule has 1 aliphatic carbocycles. The van der Waals surface area contributed by atoms with E-state index in [1.807, 2.05) is 12.1 Å². The van der Waals surface area contributed by atoms with Crippen LogP contribution in [0.25, 0.3) is 0 Å². The van der Waals surface area contributed by atoms with Crippen LogP contribution in [0.1, 0.15) is 37.7 Å². The van der Waals surface area contributed by atoms with E-state index < -0.39 is 5.00 Å². The van der Waals surface area contributed by atoms with Gasteiger partial charge in [0.2, 0.25) is 0 Å². The molecule has 1 aliphatic rings. The molecule has 1 saturated carbocycles. The zero-order valence-corrected chi connectivity index (χ0v) is 12.9. The Balaban J connectivity index is 2.36. The minimum absolute atomic E-state index is 0.422. The lowest BCUT2D eigenvalue weighted by molar-refractivity contribution is 0.130. The van der Waals surface area contributed by atoms with Gasteiger partial charge in [0, 0.05) is 0 Å². The first-order valence-corrected chi connectivity index (χ1v) is 7.47. The lowest BCUT2D eigenvalue weighted by Crippen LogP contribution is -2.43. The molecule has 0 heterocycles. The van der Waals surface area contributed by atoms with E-state index in [1.165, 1.54) is 32.1 Å². The fourth-order valence-electron chi connectivity index (χ4n) is 3.19. The maximum atomic E-state index is 7.08. The summed E-state index contributed by atoms with van der Waals surface area (Å²) >= 11 is 7.08. The Morgan fingerprint density at radius 1 is 1.21 bits per heavy atom. The fraction of sp³-hybridized carbons (Fsp3) is 0.625. The number of rotatable bonds is 4. The molecule has 1 aromatic rings. The maximum Gasteiger partial charge on any atom is 0.124 e. The summed E-state index contributed by atoms with van der Waals surface area (Å²) in [5.74, 6) is 1.38. The highest BCUT2D eigenvalue weighted by Crippen LogP contribution is 2.46. The first kappa shape index (κ1) is 14.7. The SMILES string of the molecule is COc1cccc(C(Cl)(C2CCCCC2)N(C)C)c1. The number of hydrogen-bond acceptors (Lipinski definition) is 2. The molecule has 0 aromatic heterocycles. The van der Waals surface area contributed by atoms with Gasteiger partial charge in [-0.3, -0.25) is 4.90 Å². The van der Waals surface area contributed by atoms with Crippen LogP contribution in [0.4, 0.5) is 0 Å². The maximum absolute atomic E-state index is 7.08. The van der Waals surface area contributed by atoms with Crippen molar-refractivity contribution in [1.29, 1.82) is 0 Å². The Hall–Kier alpha value is -0.730. The summed E-state index contributed by atoms with van der Waals surface area (Å²) < 4.78 is 5.34. The van der Waals surface area contributed by atoms with Gasteiger partial charge < -0.3 is 4.74 Å². The number of alkyl halides is 1. The van der Waals surface area contributed by atoms with Crippen LogP contribution in [0.2, 0.25) is 0 Å². The van der Waals surface area contributed by atoms with Crippen molar-refractivity contribution in [2.24, 2.45) is 5.92 Å². The topological polar surface area (TPSA) is 12.5 Å². The molecule has 0 bridgehead atoms. The molecule has 19 heavy (non-hydrogen) atoms. The fourth-order valence-corrected chi connectivity index (χ4v) is 3.52. The zero-order chi connectivity index (χ0) is 13.9. The van der Waals surface area contributed by atoms with Crippen molar-refractivity contribution in [3.8, 4) is 5.75 Å². The summed E-state index contributed by atoms with van der Waals surface area (Å²) in [6.07, 6.45) is 6.33. The molecule has 1 unspecified atom stereocenters. The smallest absolute Gasteiger partial charge is 0.124 e. The van der Waals surface area contributed by atoms with E-state index in [0.29, 0.717) is 5.92 Å². The third kappa shape index (κ3) is 2.90. The first-order valence-electron chi connectivity index (χ1n) is 7.10. The number of halogens is 1. The van der Waals surface area contributed by atoms with E-state index >= 15 is 0 Å². The molecule has 0 aliphatic heterocycles. The number of nitrogens with zero attached hydrogens (tertiary/aromatic N) is 1. The standard InChI is InChI=1S/C16H24ClNO/c1-18(2)16(17,13-8-5-4-6-9-13)14-10-7-11-15(12-14)19-3/h7,10-13H,4-6,8-9H2,1-3H3. The lowest BCUT2D eigenvalue weighted by atomic mass is 9.80. The summed E-state index contributed by atoms with van der Waals surface area (Å²) in [5.41, 5.74) is 1.14. The predicted octanol–water partition coefficient (Wildman–Crippen LogP) is 4.23. The molecule has 2 nitrogen and oxygen atoms in total. The number of methoxy groups -OCH3 is 1. The number of ether oxygens (including phenoxy) is 1. The van der Waals surface area contributed by atoms with Gasteiger partial charge in [-0.05, 0) is 50.6 Å². The van der Waals surface area contributed by atoms with Crippen LogP contribution < -0.4 is 4.74 Å². The van der Waals surface area contributed by atoms with Gasteiger partial charge in [-0.15, -0.1) is 0 Å². The second-order valence-corrected chi connectivity index (χ2v) is 6.21. The molecule has 2 rings (SSSR count). The molecule has 0 radical (unpaired) electrons. The molecule has 0 spiro atoms. The Morgan fingerprint density at radius 2 is 1.89 bits per heavy atom. The van der Waals surface area contributed by atoms with Crippen LogP contribution in [-0.2, 0) is 5.00 Å². The third-order valence-corrected chi connectivity index (χ3v) is 5.14. The molecule has 106 valence electrons. The Labute approximate surface area is 121 Å². The van der Waals surface area contributed by atoms with Crippen molar-refractivity contribution in [3.05, 3.63) is 29.8 Å². The third-order valence-electron chi connectivity index (χ3n) is 4.27. The van der Waals surface area contributed by atoms with Crippen molar-refractivity contribution >= 4 is 11.6 Å². The largest absolute Gasteiger partial charge is 0.497 e. The molecule has 1 aromatic carbocycles. The van der Waals surface area contributed by atoms with Crippen molar-refractivity contribution in [2.75, 3.05) is 21.2 Å². The van der Waals surface area contributed by atoms with Gasteiger partial charge in [0.15, 0.2) is 0 Å². The molecular weight excluding hydrogens is 258 g/mol. The van der Waals surface area contributed by atoms with E-state index in [1.54, 1.807) is 7.11 Å². The van der Waals surface area contributed by atoms with Crippen LogP contribution in [0.15, 0.2) is 24.3 Å². The van der Waals surface area contributed by atoms with Crippen molar-refractivity contribution in [3.63, 3.8) is 0 Å². The summed E-state index contributed by atoms with van der Waals surface area (Å²) in [6, 6.07) is 8.18. The van der Waals surface area contributed by atoms with Gasteiger partial charge in [-0.25, -0.2) is 0 Å². The van der Waals surface area contributed by atoms with Crippen LogP contribution in [0.5, 0.6) is 5.75 Å². The highest BCUT2D eigenvalue weighted by atomic mass is 35.5. The number of benzene rings is 1. The van der Waals surface area contributed by atoms with Crippen molar-refractivity contribution < 1.29 is 4.74 Å². The van der Waals surface area contributed by atoms with Crippen LogP contribution >= 0.6 is 11.6 Å². The lowest BCUT2D eigenvalue weighted by Gasteiger charge is -2.43. The Morgan fingerprint density at radius 3 is 2.47 bits per heavy atom. The Bertz CT molecular complexity index is 415. The van der Waals surface area contributed by atoms with Gasteiger partial charge in [0.05, 0.1) is 7.11 Å². The molecule has 0 saturated heterocycles. The van der Waals surface area contributed by atoms with Crippen molar-refractivity contribution in [1.82, 2.24) is 4.90 Å². The molecule has 0 amide bonds. The zero-order valence-electron chi connectivity index (χ0n) is 12.2. The summed E-state index contributed by atoms with van der Waals surface area (Å²) in [4.78, 5) is 1.73. The summed E-state index contributed by atoms with van der Waals surface area (Å²) in [5, 5.41) is 0. The quantitative estimate of drug-likeness (QED) is 0.605. The van der Waals surface area contributed by atoms with E-state index in [-0.39, 0.29) is 0 Å². The average Bonchev–Trinajstić information content (AvgIpc) is 2.47. The minimum atomic E-state index is -0.422. The van der Waals surface area contributed by atoms with Gasteiger partial charge in [-0.2, -0.15) is 0 Å². The van der Waals surface area contributed by atoms with E-state index in [0.717, 1.165) is 11.3 Å². The highest BCUT2D eigenvalue weighted by Gasteiger charge is 2.41. The second kappa shape index (κ2) is 6.15. The highest BCUT2D eigenvalue weighted by molar-refractivity contribution is 6.23. The van der Waals surface area contributed by atoms with E-state index in [4.69, 9.17) is 16.3 Å². The molecular formula is C16H24ClNO. The normalized spacial score (nSPS) is 20.3. The molecule has 1 fully saturated rings. The molecule has 3 heteroatoms. The average molecular weight is 282 g/mol. The first-order chi connectivity index (χ1) is 9.09. The second-order valence-electron chi connectivity index (χ2n) is 5.63. The summed E-state index contributed by atoms with van der Waals surface area (Å²) in [7, 11) is 5.84. The van der Waals surface area contributed by atoms with Gasteiger partial charge in [0.25, 0.3) is 0 Å². The van der Waals surface area contributed by atoms with Crippen LogP contribution in [-0.4, -0.2) is 26.1 Å². The van der Waals surface area contributed by atoms with Gasteiger partial charge in [0.1, 0.15) is 10.7 Å². The molecule has 1 atom stereocenters. The van der Waals surface area contributed by atoms with Gasteiger partial charge >= 0.3 is 0 Å². The summed E-state index contributed by atoms with van der Waals surface area (Å²) in [6.45, 7) is 0.